The molecule has 0 aliphatic carbocycles. The van der Waals surface area contributed by atoms with E-state index in [2.05, 4.69) is 10.0 Å². The number of para-hydroxylation sites is 2. The van der Waals surface area contributed by atoms with E-state index in [0.29, 0.717) is 11.4 Å². The number of anilines is 2. The Bertz CT molecular complexity index is 1010. The van der Waals surface area contributed by atoms with E-state index in [0.717, 1.165) is 6.07 Å². The van der Waals surface area contributed by atoms with Crippen molar-refractivity contribution in [1.29, 1.82) is 0 Å². The number of nitrogens with one attached hydrogen (secondary N) is 2. The SMILES string of the molecule is CCN(CC(=O)Nc1ccccc1OC)c1ccc(S(=O)(=O)NC)cc1[N+](=O)[O-]. The van der Waals surface area contributed by atoms with E-state index in [-0.39, 0.29) is 23.7 Å². The normalized spacial score (nSPS) is 11.0. The van der Waals surface area contributed by atoms with Gasteiger partial charge >= 0.3 is 0 Å². The molecule has 0 unspecified atom stereocenters. The maximum atomic E-state index is 12.5. The minimum Gasteiger partial charge on any atom is -0.495 e. The quantitative estimate of drug-likeness (QED) is 0.467. The van der Waals surface area contributed by atoms with Crippen LogP contribution < -0.4 is 19.7 Å². The average molecular weight is 422 g/mol. The zero-order valence-corrected chi connectivity index (χ0v) is 17.0. The monoisotopic (exact) mass is 422 g/mol. The Balaban J connectivity index is 2.31. The van der Waals surface area contributed by atoms with E-state index >= 15 is 0 Å². The molecule has 0 heterocycles. The molecule has 0 fully saturated rings. The number of hydrogen-bond acceptors (Lipinski definition) is 7. The van der Waals surface area contributed by atoms with Gasteiger partial charge in [-0.3, -0.25) is 14.9 Å². The minimum absolute atomic E-state index is 0.141. The predicted molar refractivity (Wildman–Crippen MR) is 109 cm³/mol. The second-order valence-corrected chi connectivity index (χ2v) is 7.76. The molecule has 0 radical (unpaired) electrons. The van der Waals surface area contributed by atoms with Crippen LogP contribution in [0.5, 0.6) is 5.75 Å². The molecule has 11 heteroatoms. The highest BCUT2D eigenvalue weighted by Crippen LogP contribution is 2.31. The van der Waals surface area contributed by atoms with Crippen LogP contribution >= 0.6 is 0 Å². The van der Waals surface area contributed by atoms with Crippen LogP contribution in [-0.4, -0.2) is 46.5 Å². The molecule has 2 N–H and O–H groups in total. The van der Waals surface area contributed by atoms with Gasteiger partial charge < -0.3 is 15.0 Å². The average Bonchev–Trinajstić information content (AvgIpc) is 2.71. The summed E-state index contributed by atoms with van der Waals surface area (Å²) in [6, 6.07) is 10.4. The summed E-state index contributed by atoms with van der Waals surface area (Å²) in [4.78, 5) is 24.6. The van der Waals surface area contributed by atoms with Gasteiger partial charge in [0.1, 0.15) is 11.4 Å². The van der Waals surface area contributed by atoms with Gasteiger partial charge in [-0.15, -0.1) is 0 Å². The summed E-state index contributed by atoms with van der Waals surface area (Å²) in [7, 11) is -1.14. The van der Waals surface area contributed by atoms with Crippen molar-refractivity contribution >= 4 is 33.0 Å². The highest BCUT2D eigenvalue weighted by molar-refractivity contribution is 7.89. The molecule has 29 heavy (non-hydrogen) atoms. The molecule has 0 spiro atoms. The molecule has 10 nitrogen and oxygen atoms in total. The highest BCUT2D eigenvalue weighted by Gasteiger charge is 2.24. The maximum absolute atomic E-state index is 12.5. The van der Waals surface area contributed by atoms with Gasteiger partial charge in [0, 0.05) is 12.6 Å². The molecule has 0 bridgehead atoms. The van der Waals surface area contributed by atoms with Crippen LogP contribution in [0, 0.1) is 10.1 Å². The van der Waals surface area contributed by atoms with Crippen molar-refractivity contribution in [2.24, 2.45) is 0 Å². The maximum Gasteiger partial charge on any atom is 0.293 e. The molecule has 156 valence electrons. The van der Waals surface area contributed by atoms with Crippen molar-refractivity contribution in [2.45, 2.75) is 11.8 Å². The number of carbonyl (C=O) groups is 1. The van der Waals surface area contributed by atoms with Crippen LogP contribution in [-0.2, 0) is 14.8 Å². The summed E-state index contributed by atoms with van der Waals surface area (Å²) in [5, 5.41) is 14.2. The molecule has 2 aromatic rings. The smallest absolute Gasteiger partial charge is 0.293 e. The van der Waals surface area contributed by atoms with Gasteiger partial charge in [0.2, 0.25) is 15.9 Å². The summed E-state index contributed by atoms with van der Waals surface area (Å²) in [6.45, 7) is 1.85. The van der Waals surface area contributed by atoms with Crippen LogP contribution in [0.25, 0.3) is 0 Å². The molecule has 0 saturated heterocycles. The Morgan fingerprint density at radius 1 is 1.24 bits per heavy atom. The van der Waals surface area contributed by atoms with Gasteiger partial charge in [-0.2, -0.15) is 0 Å². The Labute approximate surface area is 168 Å². The number of sulfonamides is 1. The summed E-state index contributed by atoms with van der Waals surface area (Å²) in [6.07, 6.45) is 0. The third-order valence-electron chi connectivity index (χ3n) is 4.16. The first-order valence-electron chi connectivity index (χ1n) is 8.63. The molecule has 2 rings (SSSR count). The largest absolute Gasteiger partial charge is 0.495 e. The van der Waals surface area contributed by atoms with Crippen LogP contribution in [0.1, 0.15) is 6.92 Å². The number of carbonyl (C=O) groups excluding carboxylic acids is 1. The molecule has 0 saturated carbocycles. The van der Waals surface area contributed by atoms with Crippen molar-refractivity contribution in [1.82, 2.24) is 4.72 Å². The molecule has 0 atom stereocenters. The van der Waals surface area contributed by atoms with Gasteiger partial charge in [-0.1, -0.05) is 12.1 Å². The summed E-state index contributed by atoms with van der Waals surface area (Å²) in [5.41, 5.74) is 0.206. The van der Waals surface area contributed by atoms with Crippen molar-refractivity contribution in [3.8, 4) is 5.75 Å². The van der Waals surface area contributed by atoms with Gasteiger partial charge in [0.05, 0.1) is 29.2 Å². The Hall–Kier alpha value is -3.18. The van der Waals surface area contributed by atoms with Crippen molar-refractivity contribution in [3.05, 3.63) is 52.6 Å². The van der Waals surface area contributed by atoms with Crippen LogP contribution in [0.2, 0.25) is 0 Å². The molecule has 2 aromatic carbocycles. The van der Waals surface area contributed by atoms with Gasteiger partial charge in [0.15, 0.2) is 0 Å². The van der Waals surface area contributed by atoms with Crippen molar-refractivity contribution in [3.63, 3.8) is 0 Å². The van der Waals surface area contributed by atoms with E-state index in [1.165, 1.54) is 31.2 Å². The molecule has 0 aliphatic rings. The second kappa shape index (κ2) is 9.34. The number of methoxy groups -OCH3 is 1. The van der Waals surface area contributed by atoms with Crippen LogP contribution in [0.4, 0.5) is 17.1 Å². The molecular formula is C18H22N4O6S. The zero-order valence-electron chi connectivity index (χ0n) is 16.2. The Kier molecular flexibility index (Phi) is 7.13. The molecular weight excluding hydrogens is 400 g/mol. The van der Waals surface area contributed by atoms with E-state index in [4.69, 9.17) is 4.74 Å². The van der Waals surface area contributed by atoms with Gasteiger partial charge in [0.25, 0.3) is 5.69 Å². The predicted octanol–water partition coefficient (Wildman–Crippen LogP) is 1.98. The van der Waals surface area contributed by atoms with E-state index in [1.807, 2.05) is 0 Å². The third-order valence-corrected chi connectivity index (χ3v) is 5.57. The van der Waals surface area contributed by atoms with E-state index in [9.17, 15) is 23.3 Å². The van der Waals surface area contributed by atoms with Gasteiger partial charge in [-0.05, 0) is 38.2 Å². The fourth-order valence-electron chi connectivity index (χ4n) is 2.68. The summed E-state index contributed by atoms with van der Waals surface area (Å²) in [5.74, 6) is 0.0778. The standard InChI is InChI=1S/C18H22N4O6S/c1-4-21(12-18(23)20-14-7-5-6-8-17(14)28-3)15-10-9-13(29(26,27)19-2)11-16(15)22(24)25/h5-11,19H,4,12H2,1-3H3,(H,20,23). The molecule has 1 amide bonds. The number of rotatable bonds is 9. The first-order chi connectivity index (χ1) is 13.7. The Morgan fingerprint density at radius 3 is 2.52 bits per heavy atom. The molecule has 0 aliphatic heterocycles. The number of ether oxygens (including phenoxy) is 1. The minimum atomic E-state index is -3.84. The van der Waals surface area contributed by atoms with Crippen LogP contribution in [0.15, 0.2) is 47.4 Å². The zero-order chi connectivity index (χ0) is 21.6. The second-order valence-electron chi connectivity index (χ2n) is 5.88. The number of nitro groups is 1. The lowest BCUT2D eigenvalue weighted by Crippen LogP contribution is -2.33. The lowest BCUT2D eigenvalue weighted by Gasteiger charge is -2.23. The number of benzene rings is 2. The number of hydrogen-bond donors (Lipinski definition) is 2. The fraction of sp³-hybridized carbons (Fsp3) is 0.278. The first kappa shape index (κ1) is 22.1. The Morgan fingerprint density at radius 2 is 1.93 bits per heavy atom. The van der Waals surface area contributed by atoms with Gasteiger partial charge in [-0.25, -0.2) is 13.1 Å². The summed E-state index contributed by atoms with van der Waals surface area (Å²) < 4.78 is 31.2. The third kappa shape index (κ3) is 5.21. The van der Waals surface area contributed by atoms with E-state index in [1.54, 1.807) is 31.2 Å². The number of nitro benzene ring substituents is 1. The van der Waals surface area contributed by atoms with Crippen molar-refractivity contribution in [2.75, 3.05) is 37.5 Å². The fourth-order valence-corrected chi connectivity index (χ4v) is 3.43. The lowest BCUT2D eigenvalue weighted by molar-refractivity contribution is -0.384. The lowest BCUT2D eigenvalue weighted by atomic mass is 10.2. The highest BCUT2D eigenvalue weighted by atomic mass is 32.2. The number of likely N-dealkylation sites (N-methyl/N-ethyl adjacent to an activating group) is 1. The van der Waals surface area contributed by atoms with Crippen LogP contribution in [0.3, 0.4) is 0 Å². The number of amides is 1. The number of nitrogens with zero attached hydrogens (tertiary/aromatic N) is 2. The topological polar surface area (TPSA) is 131 Å². The molecule has 0 aromatic heterocycles. The van der Waals surface area contributed by atoms with E-state index < -0.39 is 26.5 Å². The van der Waals surface area contributed by atoms with Crippen molar-refractivity contribution < 1.29 is 22.9 Å². The first-order valence-corrected chi connectivity index (χ1v) is 10.1. The summed E-state index contributed by atoms with van der Waals surface area (Å²) >= 11 is 0.